The minimum Gasteiger partial charge on any atom is -0.311 e. The van der Waals surface area contributed by atoms with Crippen molar-refractivity contribution >= 4 is 11.3 Å². The molecule has 0 fully saturated rings. The summed E-state index contributed by atoms with van der Waals surface area (Å²) in [5.41, 5.74) is 3.19. The summed E-state index contributed by atoms with van der Waals surface area (Å²) in [7, 11) is 0. The standard InChI is InChI=1S/C12H19N3S/c1-10-11(16-9-15-10)7-14-8-12(2,3)5-4-6-13/h9,14H,4-5,7-8H2,1-3H3. The fourth-order valence-corrected chi connectivity index (χ4v) is 2.24. The highest BCUT2D eigenvalue weighted by atomic mass is 32.1. The summed E-state index contributed by atoms with van der Waals surface area (Å²) in [4.78, 5) is 5.52. The summed E-state index contributed by atoms with van der Waals surface area (Å²) < 4.78 is 0. The van der Waals surface area contributed by atoms with Crippen LogP contribution in [0, 0.1) is 23.7 Å². The van der Waals surface area contributed by atoms with Crippen molar-refractivity contribution in [3.8, 4) is 6.07 Å². The summed E-state index contributed by atoms with van der Waals surface area (Å²) in [6, 6.07) is 2.20. The van der Waals surface area contributed by atoms with E-state index in [1.807, 2.05) is 12.4 Å². The Morgan fingerprint density at radius 2 is 2.31 bits per heavy atom. The lowest BCUT2D eigenvalue weighted by Crippen LogP contribution is -2.28. The van der Waals surface area contributed by atoms with Gasteiger partial charge in [0.2, 0.25) is 0 Å². The molecule has 0 amide bonds. The molecule has 0 aromatic carbocycles. The monoisotopic (exact) mass is 237 g/mol. The topological polar surface area (TPSA) is 48.7 Å². The van der Waals surface area contributed by atoms with Crippen LogP contribution in [0.15, 0.2) is 5.51 Å². The quantitative estimate of drug-likeness (QED) is 0.827. The van der Waals surface area contributed by atoms with Gasteiger partial charge in [-0.05, 0) is 18.8 Å². The Hall–Kier alpha value is -0.920. The predicted octanol–water partition coefficient (Wildman–Crippen LogP) is 2.87. The average Bonchev–Trinajstić information content (AvgIpc) is 2.62. The van der Waals surface area contributed by atoms with Gasteiger partial charge in [0.25, 0.3) is 0 Å². The van der Waals surface area contributed by atoms with E-state index >= 15 is 0 Å². The molecule has 16 heavy (non-hydrogen) atoms. The Labute approximate surface area is 102 Å². The lowest BCUT2D eigenvalue weighted by molar-refractivity contribution is 0.318. The number of rotatable bonds is 6. The maximum atomic E-state index is 8.56. The number of hydrogen-bond acceptors (Lipinski definition) is 4. The molecule has 1 N–H and O–H groups in total. The van der Waals surface area contributed by atoms with Crippen LogP contribution in [0.1, 0.15) is 37.3 Å². The van der Waals surface area contributed by atoms with Gasteiger partial charge in [-0.15, -0.1) is 11.3 Å². The maximum Gasteiger partial charge on any atom is 0.0798 e. The Bertz CT molecular complexity index is 363. The lowest BCUT2D eigenvalue weighted by Gasteiger charge is -2.23. The molecule has 0 radical (unpaired) electrons. The first-order valence-corrected chi connectivity index (χ1v) is 6.40. The average molecular weight is 237 g/mol. The molecule has 0 spiro atoms. The molecule has 0 unspecified atom stereocenters. The highest BCUT2D eigenvalue weighted by Gasteiger charge is 2.16. The number of hydrogen-bond donors (Lipinski definition) is 1. The van der Waals surface area contributed by atoms with E-state index in [0.29, 0.717) is 6.42 Å². The molecule has 1 rings (SSSR count). The van der Waals surface area contributed by atoms with Gasteiger partial charge in [0.1, 0.15) is 0 Å². The van der Waals surface area contributed by atoms with Crippen molar-refractivity contribution in [2.24, 2.45) is 5.41 Å². The zero-order valence-corrected chi connectivity index (χ0v) is 11.0. The van der Waals surface area contributed by atoms with E-state index in [4.69, 9.17) is 5.26 Å². The third-order valence-electron chi connectivity index (χ3n) is 2.65. The molecule has 4 heteroatoms. The maximum absolute atomic E-state index is 8.56. The van der Waals surface area contributed by atoms with Gasteiger partial charge < -0.3 is 5.32 Å². The van der Waals surface area contributed by atoms with Crippen LogP contribution >= 0.6 is 11.3 Å². The van der Waals surface area contributed by atoms with Crippen LogP contribution in [0.3, 0.4) is 0 Å². The van der Waals surface area contributed by atoms with E-state index in [1.165, 1.54) is 4.88 Å². The number of aromatic nitrogens is 1. The number of aryl methyl sites for hydroxylation is 1. The fourth-order valence-electron chi connectivity index (χ4n) is 1.49. The van der Waals surface area contributed by atoms with Crippen molar-refractivity contribution < 1.29 is 0 Å². The van der Waals surface area contributed by atoms with Gasteiger partial charge in [-0.3, -0.25) is 0 Å². The van der Waals surface area contributed by atoms with E-state index in [9.17, 15) is 0 Å². The van der Waals surface area contributed by atoms with Crippen LogP contribution in [0.4, 0.5) is 0 Å². The third kappa shape index (κ3) is 4.30. The molecule has 0 bridgehead atoms. The molecule has 1 heterocycles. The summed E-state index contributed by atoms with van der Waals surface area (Å²) in [5.74, 6) is 0. The van der Waals surface area contributed by atoms with Crippen LogP contribution in [-0.4, -0.2) is 11.5 Å². The number of nitriles is 1. The summed E-state index contributed by atoms with van der Waals surface area (Å²) in [6.45, 7) is 8.24. The molecule has 0 aliphatic carbocycles. The van der Waals surface area contributed by atoms with Crippen molar-refractivity contribution in [1.29, 1.82) is 5.26 Å². The second-order valence-electron chi connectivity index (χ2n) is 4.79. The molecular weight excluding hydrogens is 218 g/mol. The van der Waals surface area contributed by atoms with Crippen molar-refractivity contribution in [2.75, 3.05) is 6.54 Å². The van der Waals surface area contributed by atoms with Gasteiger partial charge in [0.15, 0.2) is 0 Å². The van der Waals surface area contributed by atoms with E-state index in [-0.39, 0.29) is 5.41 Å². The molecule has 0 saturated heterocycles. The van der Waals surface area contributed by atoms with Gasteiger partial charge in [-0.1, -0.05) is 13.8 Å². The normalized spacial score (nSPS) is 11.4. The number of nitrogens with zero attached hydrogens (tertiary/aromatic N) is 2. The summed E-state index contributed by atoms with van der Waals surface area (Å²) in [6.07, 6.45) is 1.58. The van der Waals surface area contributed by atoms with E-state index in [1.54, 1.807) is 11.3 Å². The highest BCUT2D eigenvalue weighted by Crippen LogP contribution is 2.21. The Morgan fingerprint density at radius 3 is 2.88 bits per heavy atom. The van der Waals surface area contributed by atoms with E-state index in [2.05, 4.69) is 30.2 Å². The molecule has 1 aromatic heterocycles. The first-order chi connectivity index (χ1) is 7.55. The molecule has 3 nitrogen and oxygen atoms in total. The van der Waals surface area contributed by atoms with Gasteiger partial charge in [-0.2, -0.15) is 5.26 Å². The molecule has 0 aliphatic rings. The van der Waals surface area contributed by atoms with Crippen molar-refractivity contribution in [3.63, 3.8) is 0 Å². The molecule has 0 saturated carbocycles. The van der Waals surface area contributed by atoms with Crippen LogP contribution in [0.2, 0.25) is 0 Å². The van der Waals surface area contributed by atoms with Crippen molar-refractivity contribution in [3.05, 3.63) is 16.1 Å². The van der Waals surface area contributed by atoms with Crippen LogP contribution in [0.25, 0.3) is 0 Å². The number of nitrogens with one attached hydrogen (secondary N) is 1. The minimum absolute atomic E-state index is 0.189. The fraction of sp³-hybridized carbons (Fsp3) is 0.667. The summed E-state index contributed by atoms with van der Waals surface area (Å²) >= 11 is 1.69. The minimum atomic E-state index is 0.189. The van der Waals surface area contributed by atoms with Crippen LogP contribution < -0.4 is 5.32 Å². The van der Waals surface area contributed by atoms with E-state index < -0.39 is 0 Å². The second-order valence-corrected chi connectivity index (χ2v) is 5.73. The number of thiazole rings is 1. The van der Waals surface area contributed by atoms with Crippen LogP contribution in [-0.2, 0) is 6.54 Å². The molecule has 0 aliphatic heterocycles. The Balaban J connectivity index is 2.30. The van der Waals surface area contributed by atoms with Gasteiger partial charge in [0, 0.05) is 24.4 Å². The smallest absolute Gasteiger partial charge is 0.0798 e. The Morgan fingerprint density at radius 1 is 1.56 bits per heavy atom. The van der Waals surface area contributed by atoms with Crippen molar-refractivity contribution in [1.82, 2.24) is 10.3 Å². The SMILES string of the molecule is Cc1ncsc1CNCC(C)(C)CCC#N. The lowest BCUT2D eigenvalue weighted by atomic mass is 9.88. The molecule has 0 atom stereocenters. The largest absolute Gasteiger partial charge is 0.311 e. The van der Waals surface area contributed by atoms with Gasteiger partial charge >= 0.3 is 0 Å². The predicted molar refractivity (Wildman–Crippen MR) is 67.2 cm³/mol. The first-order valence-electron chi connectivity index (χ1n) is 5.52. The third-order valence-corrected chi connectivity index (χ3v) is 3.58. The molecule has 88 valence electrons. The van der Waals surface area contributed by atoms with Crippen molar-refractivity contribution in [2.45, 2.75) is 40.2 Å². The van der Waals surface area contributed by atoms with Crippen LogP contribution in [0.5, 0.6) is 0 Å². The molecule has 1 aromatic rings. The van der Waals surface area contributed by atoms with Gasteiger partial charge in [0.05, 0.1) is 17.3 Å². The second kappa shape index (κ2) is 5.97. The zero-order chi connectivity index (χ0) is 12.0. The Kier molecular flexibility index (Phi) is 4.91. The van der Waals surface area contributed by atoms with E-state index in [0.717, 1.165) is 25.2 Å². The zero-order valence-electron chi connectivity index (χ0n) is 10.2. The molecular formula is C12H19N3S. The highest BCUT2D eigenvalue weighted by molar-refractivity contribution is 7.09. The summed E-state index contributed by atoms with van der Waals surface area (Å²) in [5, 5.41) is 12.0. The first kappa shape index (κ1) is 13.1. The van der Waals surface area contributed by atoms with Gasteiger partial charge in [-0.25, -0.2) is 4.98 Å².